The Bertz CT molecular complexity index is 1240. The molecule has 0 aliphatic carbocycles. The van der Waals surface area contributed by atoms with Crippen LogP contribution in [-0.2, 0) is 0 Å². The molecule has 154 valence electrons. The standard InChI is InChI=1S/C19H17Cl2FN8/c1-9(26-17-15(21)16(23)28-19(24)29-17)18-27-14-4-2-3-13(20)12(14)8-30(18)11-5-10(22)6-25-7-11/h2-9,18H,1H3,(H5,23,24,26,28,29)/t9?,18-/m1/s1. The van der Waals surface area contributed by atoms with Crippen LogP contribution in [0.1, 0.15) is 6.92 Å². The van der Waals surface area contributed by atoms with E-state index in [1.54, 1.807) is 17.2 Å². The Labute approximate surface area is 181 Å². The maximum absolute atomic E-state index is 13.9. The van der Waals surface area contributed by atoms with Crippen LogP contribution in [0.5, 0.6) is 0 Å². The van der Waals surface area contributed by atoms with E-state index < -0.39 is 12.0 Å². The predicted molar refractivity (Wildman–Crippen MR) is 116 cm³/mol. The number of nitrogens with two attached hydrogens (primary N) is 2. The molecule has 0 spiro atoms. The van der Waals surface area contributed by atoms with E-state index in [0.29, 0.717) is 16.1 Å². The maximum atomic E-state index is 13.9. The molecule has 8 nitrogen and oxygen atoms in total. The van der Waals surface area contributed by atoms with Gasteiger partial charge < -0.3 is 21.7 Å². The summed E-state index contributed by atoms with van der Waals surface area (Å²) in [6.07, 6.45) is 3.99. The van der Waals surface area contributed by atoms with Crippen molar-refractivity contribution in [1.82, 2.24) is 15.0 Å². The zero-order valence-corrected chi connectivity index (χ0v) is 17.2. The van der Waals surface area contributed by atoms with Gasteiger partial charge in [-0.2, -0.15) is 9.97 Å². The van der Waals surface area contributed by atoms with E-state index in [0.717, 1.165) is 11.4 Å². The summed E-state index contributed by atoms with van der Waals surface area (Å²) in [6, 6.07) is 6.45. The lowest BCUT2D eigenvalue weighted by Crippen LogP contribution is -2.49. The SMILES string of the molecule is CC(Nc1nc(N)nc(N)c1Cl)[C@@H]1N=c2cccc(Cl)c2=CN1c1cncc(F)c1. The third-order valence-electron chi connectivity index (χ3n) is 4.55. The van der Waals surface area contributed by atoms with Crippen molar-refractivity contribution in [2.24, 2.45) is 4.99 Å². The lowest BCUT2D eigenvalue weighted by molar-refractivity contribution is 0.579. The molecule has 11 heteroatoms. The van der Waals surface area contributed by atoms with E-state index in [-0.39, 0.29) is 28.6 Å². The van der Waals surface area contributed by atoms with Crippen molar-refractivity contribution >= 4 is 52.7 Å². The second-order valence-electron chi connectivity index (χ2n) is 6.68. The molecule has 0 bridgehead atoms. The van der Waals surface area contributed by atoms with Crippen LogP contribution in [0.3, 0.4) is 0 Å². The normalized spacial score (nSPS) is 16.3. The van der Waals surface area contributed by atoms with Crippen molar-refractivity contribution in [3.63, 3.8) is 0 Å². The van der Waals surface area contributed by atoms with Gasteiger partial charge in [-0.1, -0.05) is 29.3 Å². The summed E-state index contributed by atoms with van der Waals surface area (Å²) in [4.78, 5) is 18.5. The number of nitrogen functional groups attached to an aromatic ring is 2. The molecule has 1 aliphatic rings. The highest BCUT2D eigenvalue weighted by Gasteiger charge is 2.27. The first-order valence-corrected chi connectivity index (χ1v) is 9.67. The van der Waals surface area contributed by atoms with E-state index in [1.807, 2.05) is 25.3 Å². The largest absolute Gasteiger partial charge is 0.382 e. The summed E-state index contributed by atoms with van der Waals surface area (Å²) < 4.78 is 13.9. The first-order valence-electron chi connectivity index (χ1n) is 8.91. The molecule has 0 amide bonds. The number of pyridine rings is 1. The molecule has 4 rings (SSSR count). The predicted octanol–water partition coefficient (Wildman–Crippen LogP) is 2.19. The topological polar surface area (TPSA) is 118 Å². The Morgan fingerprint density at radius 3 is 2.77 bits per heavy atom. The quantitative estimate of drug-likeness (QED) is 0.561. The number of rotatable bonds is 4. The van der Waals surface area contributed by atoms with Gasteiger partial charge in [0.1, 0.15) is 22.8 Å². The fourth-order valence-electron chi connectivity index (χ4n) is 3.18. The number of nitrogens with zero attached hydrogens (tertiary/aromatic N) is 5. The Morgan fingerprint density at radius 2 is 2.00 bits per heavy atom. The monoisotopic (exact) mass is 446 g/mol. The average molecular weight is 447 g/mol. The Hall–Kier alpha value is -3.17. The third-order valence-corrected chi connectivity index (χ3v) is 5.25. The average Bonchev–Trinajstić information content (AvgIpc) is 2.71. The van der Waals surface area contributed by atoms with Crippen molar-refractivity contribution in [2.45, 2.75) is 19.1 Å². The third kappa shape index (κ3) is 3.81. The molecule has 3 heterocycles. The van der Waals surface area contributed by atoms with Crippen LogP contribution in [0.15, 0.2) is 41.7 Å². The van der Waals surface area contributed by atoms with Gasteiger partial charge in [0.05, 0.1) is 34.5 Å². The molecule has 1 aliphatic heterocycles. The van der Waals surface area contributed by atoms with Crippen molar-refractivity contribution in [2.75, 3.05) is 21.7 Å². The fraction of sp³-hybridized carbons (Fsp3) is 0.158. The summed E-state index contributed by atoms with van der Waals surface area (Å²) >= 11 is 12.6. The van der Waals surface area contributed by atoms with Gasteiger partial charge >= 0.3 is 0 Å². The van der Waals surface area contributed by atoms with Gasteiger partial charge in [0.2, 0.25) is 5.95 Å². The molecule has 0 fully saturated rings. The van der Waals surface area contributed by atoms with E-state index >= 15 is 0 Å². The number of hydrogen-bond donors (Lipinski definition) is 3. The lowest BCUT2D eigenvalue weighted by atomic mass is 10.1. The minimum Gasteiger partial charge on any atom is -0.382 e. The number of fused-ring (bicyclic) bond motifs is 1. The second-order valence-corrected chi connectivity index (χ2v) is 7.46. The number of aromatic nitrogens is 3. The summed E-state index contributed by atoms with van der Waals surface area (Å²) in [5.74, 6) is -0.139. The van der Waals surface area contributed by atoms with Crippen LogP contribution in [0.2, 0.25) is 10.0 Å². The second kappa shape index (κ2) is 7.92. The smallest absolute Gasteiger partial charge is 0.224 e. The molecule has 0 saturated heterocycles. The first-order chi connectivity index (χ1) is 14.3. The van der Waals surface area contributed by atoms with E-state index in [1.165, 1.54) is 6.07 Å². The minimum absolute atomic E-state index is 0.0120. The highest BCUT2D eigenvalue weighted by molar-refractivity contribution is 6.35. The molecule has 2 aromatic heterocycles. The molecular formula is C19H17Cl2FN8. The Balaban J connectivity index is 1.79. The number of hydrogen-bond acceptors (Lipinski definition) is 8. The van der Waals surface area contributed by atoms with Crippen LogP contribution in [0.4, 0.5) is 27.7 Å². The van der Waals surface area contributed by atoms with Crippen molar-refractivity contribution in [3.05, 3.63) is 63.1 Å². The molecule has 1 unspecified atom stereocenters. The summed E-state index contributed by atoms with van der Waals surface area (Å²) in [6.45, 7) is 1.88. The number of halogens is 3. The van der Waals surface area contributed by atoms with Crippen LogP contribution in [0, 0.1) is 5.82 Å². The molecule has 5 N–H and O–H groups in total. The van der Waals surface area contributed by atoms with Crippen molar-refractivity contribution in [1.29, 1.82) is 0 Å². The molecule has 1 aromatic carbocycles. The van der Waals surface area contributed by atoms with Gasteiger partial charge in [-0.15, -0.1) is 0 Å². The molecule has 30 heavy (non-hydrogen) atoms. The van der Waals surface area contributed by atoms with Crippen molar-refractivity contribution in [3.8, 4) is 0 Å². The first kappa shape index (κ1) is 20.1. The van der Waals surface area contributed by atoms with Gasteiger partial charge in [0, 0.05) is 17.5 Å². The van der Waals surface area contributed by atoms with Crippen LogP contribution >= 0.6 is 23.2 Å². The minimum atomic E-state index is -0.506. The zero-order valence-electron chi connectivity index (χ0n) is 15.7. The van der Waals surface area contributed by atoms with E-state index in [9.17, 15) is 4.39 Å². The van der Waals surface area contributed by atoms with Gasteiger partial charge in [0.15, 0.2) is 5.82 Å². The lowest BCUT2D eigenvalue weighted by Gasteiger charge is -2.34. The molecular weight excluding hydrogens is 430 g/mol. The van der Waals surface area contributed by atoms with E-state index in [4.69, 9.17) is 39.7 Å². The van der Waals surface area contributed by atoms with Crippen LogP contribution in [-0.4, -0.2) is 27.2 Å². The molecule has 0 radical (unpaired) electrons. The fourth-order valence-corrected chi connectivity index (χ4v) is 3.53. The zero-order chi connectivity index (χ0) is 21.4. The van der Waals surface area contributed by atoms with Gasteiger partial charge in [-0.05, 0) is 19.1 Å². The van der Waals surface area contributed by atoms with E-state index in [2.05, 4.69) is 20.3 Å². The Kier molecular flexibility index (Phi) is 5.31. The highest BCUT2D eigenvalue weighted by Crippen LogP contribution is 2.28. The summed E-state index contributed by atoms with van der Waals surface area (Å²) in [7, 11) is 0. The summed E-state index contributed by atoms with van der Waals surface area (Å²) in [5, 5.41) is 5.28. The Morgan fingerprint density at radius 1 is 1.20 bits per heavy atom. The summed E-state index contributed by atoms with van der Waals surface area (Å²) in [5.41, 5.74) is 12.0. The van der Waals surface area contributed by atoms with Gasteiger partial charge in [-0.3, -0.25) is 9.98 Å². The van der Waals surface area contributed by atoms with Crippen LogP contribution in [0.25, 0.3) is 6.20 Å². The number of benzene rings is 1. The maximum Gasteiger partial charge on any atom is 0.224 e. The van der Waals surface area contributed by atoms with Gasteiger partial charge in [0.25, 0.3) is 0 Å². The molecule has 2 atom stereocenters. The number of nitrogens with one attached hydrogen (secondary N) is 1. The van der Waals surface area contributed by atoms with Crippen molar-refractivity contribution < 1.29 is 4.39 Å². The van der Waals surface area contributed by atoms with Gasteiger partial charge in [-0.25, -0.2) is 4.39 Å². The molecule has 3 aromatic rings. The number of anilines is 4. The van der Waals surface area contributed by atoms with Crippen LogP contribution < -0.4 is 32.3 Å². The molecule has 0 saturated carbocycles. The highest BCUT2D eigenvalue weighted by atomic mass is 35.5.